The molecule has 0 radical (unpaired) electrons. The monoisotopic (exact) mass is 793 g/mol. The highest BCUT2D eigenvalue weighted by molar-refractivity contribution is 6.19. The Labute approximate surface area is 356 Å². The van der Waals surface area contributed by atoms with Crippen LogP contribution in [0.2, 0.25) is 0 Å². The molecule has 1 aliphatic rings. The van der Waals surface area contributed by atoms with Crippen LogP contribution in [-0.4, -0.2) is 15.0 Å². The van der Waals surface area contributed by atoms with Crippen molar-refractivity contribution in [2.75, 3.05) is 0 Å². The van der Waals surface area contributed by atoms with Crippen molar-refractivity contribution in [1.29, 1.82) is 0 Å². The minimum Gasteiger partial charge on any atom is -0.456 e. The molecular weight excluding hydrogens is 759 g/mol. The van der Waals surface area contributed by atoms with Crippen LogP contribution in [0.15, 0.2) is 197 Å². The SMILES string of the molecule is C1=CC(c2nc(-c3ccc(-c4ccc(-c5ccc6ccccc6c5)c5oc6ccccc6c45)c4ccccc34)nc(-c3cccc4oc5ccccc5c34)n2)Cc2ccccc21. The van der Waals surface area contributed by atoms with Crippen LogP contribution in [0.3, 0.4) is 0 Å². The van der Waals surface area contributed by atoms with E-state index in [4.69, 9.17) is 23.8 Å². The molecule has 1 unspecified atom stereocenters. The lowest BCUT2D eigenvalue weighted by Gasteiger charge is -2.20. The summed E-state index contributed by atoms with van der Waals surface area (Å²) in [5.41, 5.74) is 12.2. The Hall–Kier alpha value is -8.15. The van der Waals surface area contributed by atoms with Crippen LogP contribution >= 0.6 is 0 Å². The van der Waals surface area contributed by atoms with Gasteiger partial charge < -0.3 is 8.83 Å². The van der Waals surface area contributed by atoms with Crippen LogP contribution in [0.25, 0.3) is 117 Å². The highest BCUT2D eigenvalue weighted by Gasteiger charge is 2.25. The molecule has 0 amide bonds. The molecule has 62 heavy (non-hydrogen) atoms. The average Bonchev–Trinajstić information content (AvgIpc) is 3.92. The zero-order valence-electron chi connectivity index (χ0n) is 33.4. The number of para-hydroxylation sites is 2. The Morgan fingerprint density at radius 3 is 1.90 bits per heavy atom. The van der Waals surface area contributed by atoms with Gasteiger partial charge in [-0.15, -0.1) is 0 Å². The summed E-state index contributed by atoms with van der Waals surface area (Å²) in [5, 5.41) is 8.79. The summed E-state index contributed by atoms with van der Waals surface area (Å²) < 4.78 is 13.1. The molecule has 0 fully saturated rings. The number of aromatic nitrogens is 3. The van der Waals surface area contributed by atoms with E-state index in [1.807, 2.05) is 36.4 Å². The van der Waals surface area contributed by atoms with Gasteiger partial charge in [0, 0.05) is 44.2 Å². The van der Waals surface area contributed by atoms with E-state index in [0.717, 1.165) is 100 Å². The van der Waals surface area contributed by atoms with E-state index in [9.17, 15) is 0 Å². The van der Waals surface area contributed by atoms with Gasteiger partial charge in [-0.3, -0.25) is 0 Å². The van der Waals surface area contributed by atoms with Crippen LogP contribution in [-0.2, 0) is 6.42 Å². The summed E-state index contributed by atoms with van der Waals surface area (Å²) in [6.07, 6.45) is 5.24. The van der Waals surface area contributed by atoms with E-state index in [-0.39, 0.29) is 5.92 Å². The van der Waals surface area contributed by atoms with E-state index in [0.29, 0.717) is 11.6 Å². The number of allylic oxidation sites excluding steroid dienone is 1. The predicted octanol–water partition coefficient (Wildman–Crippen LogP) is 15.0. The topological polar surface area (TPSA) is 65.0 Å². The van der Waals surface area contributed by atoms with Gasteiger partial charge >= 0.3 is 0 Å². The number of fused-ring (bicyclic) bond motifs is 9. The molecule has 0 N–H and O–H groups in total. The molecule has 1 aliphatic carbocycles. The lowest BCUT2D eigenvalue weighted by Crippen LogP contribution is -2.12. The molecule has 1 atom stereocenters. The summed E-state index contributed by atoms with van der Waals surface area (Å²) in [6, 6.07) is 63.9. The zero-order valence-corrected chi connectivity index (χ0v) is 33.4. The van der Waals surface area contributed by atoms with Crippen molar-refractivity contribution in [2.45, 2.75) is 12.3 Å². The summed E-state index contributed by atoms with van der Waals surface area (Å²) >= 11 is 0. The largest absolute Gasteiger partial charge is 0.456 e. The first-order valence-electron chi connectivity index (χ1n) is 21.1. The molecule has 3 aromatic heterocycles. The standard InChI is InChI=1S/C57H35N3O2/c1-3-14-36-32-38(26-24-34(36)12-1)40-28-30-44(53-47-19-8-10-22-50(47)62-54(40)53)43-29-31-45(42-17-6-5-16-41(42)43)56-58-55(39-27-25-35-13-2-4-15-37(35)33-39)59-57(60-56)48-20-11-23-51-52(48)46-18-7-9-21-49(46)61-51/h1-32,39H,33H2. The Bertz CT molecular complexity index is 3820. The molecule has 0 bridgehead atoms. The highest BCUT2D eigenvalue weighted by atomic mass is 16.3. The van der Waals surface area contributed by atoms with Gasteiger partial charge in [-0.1, -0.05) is 158 Å². The van der Waals surface area contributed by atoms with Gasteiger partial charge in [0.1, 0.15) is 28.2 Å². The van der Waals surface area contributed by atoms with Crippen molar-refractivity contribution < 1.29 is 8.83 Å². The van der Waals surface area contributed by atoms with Crippen molar-refractivity contribution in [3.63, 3.8) is 0 Å². The number of hydrogen-bond acceptors (Lipinski definition) is 5. The quantitative estimate of drug-likeness (QED) is 0.174. The minimum atomic E-state index is -0.0278. The number of hydrogen-bond donors (Lipinski definition) is 0. The van der Waals surface area contributed by atoms with Gasteiger partial charge in [-0.05, 0) is 92.2 Å². The number of furan rings is 2. The zero-order chi connectivity index (χ0) is 40.7. The van der Waals surface area contributed by atoms with E-state index < -0.39 is 0 Å². The Kier molecular flexibility index (Phi) is 7.66. The molecule has 290 valence electrons. The lowest BCUT2D eigenvalue weighted by atomic mass is 9.89. The molecular formula is C57H35N3O2. The van der Waals surface area contributed by atoms with Crippen LogP contribution in [0.4, 0.5) is 0 Å². The fourth-order valence-corrected chi connectivity index (χ4v) is 9.71. The van der Waals surface area contributed by atoms with Crippen molar-refractivity contribution in [1.82, 2.24) is 15.0 Å². The molecule has 0 saturated heterocycles. The van der Waals surface area contributed by atoms with Gasteiger partial charge in [0.25, 0.3) is 0 Å². The van der Waals surface area contributed by atoms with Gasteiger partial charge in [0.2, 0.25) is 0 Å². The van der Waals surface area contributed by atoms with Crippen molar-refractivity contribution >= 4 is 71.5 Å². The van der Waals surface area contributed by atoms with E-state index in [2.05, 4.69) is 158 Å². The van der Waals surface area contributed by atoms with E-state index in [1.54, 1.807) is 0 Å². The van der Waals surface area contributed by atoms with Crippen molar-refractivity contribution in [2.24, 2.45) is 0 Å². The molecule has 13 rings (SSSR count). The number of benzene rings is 9. The maximum Gasteiger partial charge on any atom is 0.164 e. The van der Waals surface area contributed by atoms with Crippen molar-refractivity contribution in [3.8, 4) is 45.0 Å². The second kappa shape index (κ2) is 13.7. The first kappa shape index (κ1) is 34.7. The number of nitrogens with zero attached hydrogens (tertiary/aromatic N) is 3. The highest BCUT2D eigenvalue weighted by Crippen LogP contribution is 2.45. The summed E-state index contributed by atoms with van der Waals surface area (Å²) in [7, 11) is 0. The minimum absolute atomic E-state index is 0.0278. The molecule has 5 heteroatoms. The van der Waals surface area contributed by atoms with Gasteiger partial charge in [0.15, 0.2) is 11.6 Å². The summed E-state index contributed by atoms with van der Waals surface area (Å²) in [6.45, 7) is 0. The third-order valence-corrected chi connectivity index (χ3v) is 12.7. The van der Waals surface area contributed by atoms with Gasteiger partial charge in [0.05, 0.1) is 0 Å². The molecule has 0 aliphatic heterocycles. The van der Waals surface area contributed by atoms with Crippen LogP contribution in [0.1, 0.15) is 22.9 Å². The summed E-state index contributed by atoms with van der Waals surface area (Å²) in [4.78, 5) is 16.0. The summed E-state index contributed by atoms with van der Waals surface area (Å²) in [5.74, 6) is 1.97. The van der Waals surface area contributed by atoms with Crippen molar-refractivity contribution in [3.05, 3.63) is 205 Å². The van der Waals surface area contributed by atoms with Gasteiger partial charge in [-0.25, -0.2) is 15.0 Å². The maximum absolute atomic E-state index is 6.78. The Balaban J connectivity index is 1.02. The van der Waals surface area contributed by atoms with Gasteiger partial charge in [-0.2, -0.15) is 0 Å². The van der Waals surface area contributed by atoms with Crippen LogP contribution in [0.5, 0.6) is 0 Å². The van der Waals surface area contributed by atoms with Crippen LogP contribution in [0, 0.1) is 0 Å². The molecule has 0 saturated carbocycles. The fourth-order valence-electron chi connectivity index (χ4n) is 9.71. The third kappa shape index (κ3) is 5.45. The lowest BCUT2D eigenvalue weighted by molar-refractivity contribution is 0.669. The average molecular weight is 794 g/mol. The number of rotatable bonds is 5. The van der Waals surface area contributed by atoms with E-state index >= 15 is 0 Å². The molecule has 5 nitrogen and oxygen atoms in total. The van der Waals surface area contributed by atoms with E-state index in [1.165, 1.54) is 21.9 Å². The second-order valence-corrected chi connectivity index (χ2v) is 16.2. The second-order valence-electron chi connectivity index (χ2n) is 16.2. The van der Waals surface area contributed by atoms with Crippen LogP contribution < -0.4 is 0 Å². The fraction of sp³-hybridized carbons (Fsp3) is 0.0351. The molecule has 0 spiro atoms. The predicted molar refractivity (Wildman–Crippen MR) is 253 cm³/mol. The smallest absolute Gasteiger partial charge is 0.164 e. The molecule has 12 aromatic rings. The maximum atomic E-state index is 6.78. The molecule has 9 aromatic carbocycles. The third-order valence-electron chi connectivity index (χ3n) is 12.7. The Morgan fingerprint density at radius 1 is 0.419 bits per heavy atom. The Morgan fingerprint density at radius 2 is 1.05 bits per heavy atom. The normalized spacial score (nSPS) is 13.8. The molecule has 3 heterocycles. The first-order valence-corrected chi connectivity index (χ1v) is 21.1. The first-order chi connectivity index (χ1) is 30.7.